The van der Waals surface area contributed by atoms with Crippen LogP contribution in [-0.4, -0.2) is 48.5 Å². The smallest absolute Gasteiger partial charge is 0.147 e. The number of hydrogen-bond donors (Lipinski definition) is 3. The molecule has 0 aliphatic carbocycles. The van der Waals surface area contributed by atoms with Crippen molar-refractivity contribution in [2.45, 2.75) is 6.04 Å². The number of aliphatic hydroxyl groups is 1. The number of nitrogens with zero attached hydrogens (tertiary/aromatic N) is 2. The molecule has 0 aromatic carbocycles. The van der Waals surface area contributed by atoms with Gasteiger partial charge in [-0.3, -0.25) is 4.98 Å². The van der Waals surface area contributed by atoms with Gasteiger partial charge in [-0.1, -0.05) is 0 Å². The molecule has 0 aliphatic rings. The van der Waals surface area contributed by atoms with Gasteiger partial charge < -0.3 is 20.5 Å². The molecule has 0 aliphatic heterocycles. The standard InChI is InChI=1S/C9H16N4O2/c1-10-8-3-11-4-9(13-8)12-7(5-14)6-15-2/h3-4,7,14H,5-6H2,1-2H3,(H2,10,12,13). The molecule has 1 atom stereocenters. The molecule has 0 saturated carbocycles. The van der Waals surface area contributed by atoms with E-state index in [4.69, 9.17) is 9.84 Å². The van der Waals surface area contributed by atoms with Gasteiger partial charge in [-0.2, -0.15) is 0 Å². The number of methoxy groups -OCH3 is 1. The van der Waals surface area contributed by atoms with Crippen molar-refractivity contribution in [3.05, 3.63) is 12.4 Å². The Kier molecular flexibility index (Phi) is 4.79. The first kappa shape index (κ1) is 11.7. The minimum absolute atomic E-state index is 0.0146. The fraction of sp³-hybridized carbons (Fsp3) is 0.556. The monoisotopic (exact) mass is 212 g/mol. The number of nitrogens with one attached hydrogen (secondary N) is 2. The third-order valence-corrected chi connectivity index (χ3v) is 1.83. The highest BCUT2D eigenvalue weighted by Gasteiger charge is 2.07. The Hall–Kier alpha value is -1.40. The number of hydrogen-bond acceptors (Lipinski definition) is 6. The number of rotatable bonds is 6. The van der Waals surface area contributed by atoms with Crippen molar-refractivity contribution in [2.24, 2.45) is 0 Å². The van der Waals surface area contributed by atoms with Gasteiger partial charge in [-0.05, 0) is 0 Å². The molecular formula is C9H16N4O2. The van der Waals surface area contributed by atoms with E-state index < -0.39 is 0 Å². The van der Waals surface area contributed by atoms with E-state index in [1.54, 1.807) is 26.6 Å². The first-order chi connectivity index (χ1) is 7.30. The minimum Gasteiger partial charge on any atom is -0.394 e. The maximum absolute atomic E-state index is 9.04. The number of ether oxygens (including phenoxy) is 1. The largest absolute Gasteiger partial charge is 0.394 e. The summed E-state index contributed by atoms with van der Waals surface area (Å²) in [4.78, 5) is 8.20. The molecule has 0 saturated heterocycles. The Morgan fingerprint density at radius 1 is 1.47 bits per heavy atom. The Morgan fingerprint density at radius 2 is 2.20 bits per heavy atom. The molecule has 84 valence electrons. The Labute approximate surface area is 88.7 Å². The van der Waals surface area contributed by atoms with Crippen molar-refractivity contribution in [2.75, 3.05) is 38.0 Å². The molecule has 0 amide bonds. The Morgan fingerprint density at radius 3 is 2.80 bits per heavy atom. The van der Waals surface area contributed by atoms with Gasteiger partial charge in [-0.15, -0.1) is 0 Å². The van der Waals surface area contributed by atoms with Crippen molar-refractivity contribution in [1.82, 2.24) is 9.97 Å². The van der Waals surface area contributed by atoms with Crippen molar-refractivity contribution < 1.29 is 9.84 Å². The van der Waals surface area contributed by atoms with Crippen molar-refractivity contribution in [3.8, 4) is 0 Å². The van der Waals surface area contributed by atoms with Gasteiger partial charge in [0.2, 0.25) is 0 Å². The van der Waals surface area contributed by atoms with E-state index >= 15 is 0 Å². The Bertz CT molecular complexity index is 295. The summed E-state index contributed by atoms with van der Waals surface area (Å²) in [6.45, 7) is 0.404. The van der Waals surface area contributed by atoms with Crippen LogP contribution < -0.4 is 10.6 Å². The number of aromatic nitrogens is 2. The van der Waals surface area contributed by atoms with Crippen LogP contribution in [0.1, 0.15) is 0 Å². The molecule has 1 unspecified atom stereocenters. The third-order valence-electron chi connectivity index (χ3n) is 1.83. The zero-order valence-electron chi connectivity index (χ0n) is 8.90. The Balaban J connectivity index is 2.61. The van der Waals surface area contributed by atoms with Crippen LogP contribution in [0.15, 0.2) is 12.4 Å². The van der Waals surface area contributed by atoms with Gasteiger partial charge in [0.1, 0.15) is 11.6 Å². The summed E-state index contributed by atoms with van der Waals surface area (Å²) in [5.41, 5.74) is 0. The van der Waals surface area contributed by atoms with Crippen molar-refractivity contribution in [1.29, 1.82) is 0 Å². The number of aliphatic hydroxyl groups excluding tert-OH is 1. The molecule has 1 aromatic rings. The van der Waals surface area contributed by atoms with Crippen LogP contribution >= 0.6 is 0 Å². The van der Waals surface area contributed by atoms with E-state index in [9.17, 15) is 0 Å². The summed E-state index contributed by atoms with van der Waals surface area (Å²) >= 11 is 0. The predicted molar refractivity (Wildman–Crippen MR) is 58.0 cm³/mol. The van der Waals surface area contributed by atoms with Crippen LogP contribution in [0, 0.1) is 0 Å². The van der Waals surface area contributed by atoms with Crippen molar-refractivity contribution in [3.63, 3.8) is 0 Å². The highest BCUT2D eigenvalue weighted by Crippen LogP contribution is 2.07. The lowest BCUT2D eigenvalue weighted by atomic mass is 10.3. The lowest BCUT2D eigenvalue weighted by Gasteiger charge is -2.15. The molecule has 3 N–H and O–H groups in total. The summed E-state index contributed by atoms with van der Waals surface area (Å²) in [5.74, 6) is 1.28. The van der Waals surface area contributed by atoms with Gasteiger partial charge in [0, 0.05) is 14.2 Å². The molecule has 15 heavy (non-hydrogen) atoms. The van der Waals surface area contributed by atoms with Crippen LogP contribution in [-0.2, 0) is 4.74 Å². The number of anilines is 2. The average Bonchev–Trinajstić information content (AvgIpc) is 2.29. The van der Waals surface area contributed by atoms with Gasteiger partial charge in [0.25, 0.3) is 0 Å². The normalized spacial score (nSPS) is 12.2. The van der Waals surface area contributed by atoms with Gasteiger partial charge in [-0.25, -0.2) is 4.98 Å². The average molecular weight is 212 g/mol. The van der Waals surface area contributed by atoms with Crippen LogP contribution in [0.2, 0.25) is 0 Å². The van der Waals surface area contributed by atoms with Gasteiger partial charge in [0.15, 0.2) is 0 Å². The SMILES string of the molecule is CNc1cncc(NC(CO)COC)n1. The zero-order valence-corrected chi connectivity index (χ0v) is 8.90. The lowest BCUT2D eigenvalue weighted by Crippen LogP contribution is -2.29. The minimum atomic E-state index is -0.170. The lowest BCUT2D eigenvalue weighted by molar-refractivity contribution is 0.153. The third kappa shape index (κ3) is 3.69. The predicted octanol–water partition coefficient (Wildman–Crippen LogP) is -0.0625. The molecule has 6 nitrogen and oxygen atoms in total. The van der Waals surface area contributed by atoms with E-state index in [0.717, 1.165) is 0 Å². The molecule has 1 aromatic heterocycles. The second kappa shape index (κ2) is 6.15. The fourth-order valence-corrected chi connectivity index (χ4v) is 1.11. The van der Waals surface area contributed by atoms with Gasteiger partial charge in [0.05, 0.1) is 31.6 Å². The molecule has 0 radical (unpaired) electrons. The van der Waals surface area contributed by atoms with E-state index in [1.807, 2.05) is 0 Å². The molecule has 6 heteroatoms. The van der Waals surface area contributed by atoms with Crippen molar-refractivity contribution >= 4 is 11.6 Å². The molecule has 0 fully saturated rings. The van der Waals surface area contributed by atoms with Gasteiger partial charge >= 0.3 is 0 Å². The molecule has 0 spiro atoms. The summed E-state index contributed by atoms with van der Waals surface area (Å²) in [6.07, 6.45) is 3.22. The van der Waals surface area contributed by atoms with E-state index in [-0.39, 0.29) is 12.6 Å². The van der Waals surface area contributed by atoms with Crippen LogP contribution in [0.3, 0.4) is 0 Å². The van der Waals surface area contributed by atoms with Crippen LogP contribution in [0.5, 0.6) is 0 Å². The molecule has 1 rings (SSSR count). The second-order valence-corrected chi connectivity index (χ2v) is 3.02. The summed E-state index contributed by atoms with van der Waals surface area (Å²) in [7, 11) is 3.35. The molecule has 0 bridgehead atoms. The summed E-state index contributed by atoms with van der Waals surface area (Å²) < 4.78 is 4.94. The quantitative estimate of drug-likeness (QED) is 0.613. The van der Waals surface area contributed by atoms with Crippen LogP contribution in [0.25, 0.3) is 0 Å². The van der Waals surface area contributed by atoms with E-state index in [0.29, 0.717) is 18.2 Å². The zero-order chi connectivity index (χ0) is 11.1. The highest BCUT2D eigenvalue weighted by atomic mass is 16.5. The first-order valence-electron chi connectivity index (χ1n) is 4.66. The highest BCUT2D eigenvalue weighted by molar-refractivity contribution is 5.41. The van der Waals surface area contributed by atoms with E-state index in [1.165, 1.54) is 0 Å². The second-order valence-electron chi connectivity index (χ2n) is 3.02. The summed E-state index contributed by atoms with van der Waals surface area (Å²) in [6, 6.07) is -0.170. The first-order valence-corrected chi connectivity index (χ1v) is 4.66. The maximum atomic E-state index is 9.04. The summed E-state index contributed by atoms with van der Waals surface area (Å²) in [5, 5.41) is 14.9. The van der Waals surface area contributed by atoms with Crippen LogP contribution in [0.4, 0.5) is 11.6 Å². The van der Waals surface area contributed by atoms with E-state index in [2.05, 4.69) is 20.6 Å². The fourth-order valence-electron chi connectivity index (χ4n) is 1.11. The molecular weight excluding hydrogens is 196 g/mol. The topological polar surface area (TPSA) is 79.3 Å². The molecule has 1 heterocycles. The maximum Gasteiger partial charge on any atom is 0.147 e.